The van der Waals surface area contributed by atoms with Gasteiger partial charge < -0.3 is 15.8 Å². The van der Waals surface area contributed by atoms with Crippen molar-refractivity contribution in [2.24, 2.45) is 5.73 Å². The van der Waals surface area contributed by atoms with Crippen LogP contribution in [0.4, 0.5) is 0 Å². The van der Waals surface area contributed by atoms with E-state index >= 15 is 0 Å². The molecule has 0 saturated heterocycles. The molecule has 0 aromatic heterocycles. The molecule has 94 valence electrons. The molecule has 1 aromatic rings. The van der Waals surface area contributed by atoms with Crippen LogP contribution in [0, 0.1) is 0 Å². The minimum Gasteiger partial charge on any atom is -0.497 e. The molecule has 0 bridgehead atoms. The van der Waals surface area contributed by atoms with E-state index in [2.05, 4.69) is 11.4 Å². The number of benzene rings is 1. The summed E-state index contributed by atoms with van der Waals surface area (Å²) in [6.45, 7) is 2.33. The van der Waals surface area contributed by atoms with Crippen LogP contribution in [0.5, 0.6) is 5.75 Å². The Labute approximate surface area is 102 Å². The van der Waals surface area contributed by atoms with E-state index in [9.17, 15) is 4.79 Å². The molecule has 0 fully saturated rings. The third-order valence-electron chi connectivity index (χ3n) is 2.49. The molecule has 4 heteroatoms. The molecule has 0 unspecified atom stereocenters. The van der Waals surface area contributed by atoms with Crippen LogP contribution in [0.25, 0.3) is 0 Å². The van der Waals surface area contributed by atoms with E-state index in [-0.39, 0.29) is 5.91 Å². The Morgan fingerprint density at radius 3 is 2.94 bits per heavy atom. The number of hydrogen-bond acceptors (Lipinski definition) is 3. The van der Waals surface area contributed by atoms with Gasteiger partial charge in [0.1, 0.15) is 5.75 Å². The molecule has 0 heterocycles. The van der Waals surface area contributed by atoms with Crippen molar-refractivity contribution in [3.05, 3.63) is 29.8 Å². The molecule has 0 aliphatic carbocycles. The van der Waals surface area contributed by atoms with Crippen molar-refractivity contribution in [1.82, 2.24) is 5.32 Å². The van der Waals surface area contributed by atoms with Gasteiger partial charge in [-0.25, -0.2) is 0 Å². The van der Waals surface area contributed by atoms with E-state index in [4.69, 9.17) is 10.5 Å². The molecular formula is C13H20N2O2. The Bertz CT molecular complexity index is 364. The zero-order chi connectivity index (χ0) is 12.7. The summed E-state index contributed by atoms with van der Waals surface area (Å²) in [5.41, 5.74) is 6.65. The van der Waals surface area contributed by atoms with Gasteiger partial charge in [-0.05, 0) is 37.5 Å². The summed E-state index contributed by atoms with van der Waals surface area (Å²) >= 11 is 0. The fourth-order valence-electron chi connectivity index (χ4n) is 1.49. The molecule has 17 heavy (non-hydrogen) atoms. The van der Waals surface area contributed by atoms with Crippen LogP contribution in [0.15, 0.2) is 24.3 Å². The van der Waals surface area contributed by atoms with Gasteiger partial charge in [0.15, 0.2) is 0 Å². The van der Waals surface area contributed by atoms with Crippen LogP contribution >= 0.6 is 0 Å². The smallest absolute Gasteiger partial charge is 0.236 e. The summed E-state index contributed by atoms with van der Waals surface area (Å²) in [4.78, 5) is 11.2. The molecule has 1 atom stereocenters. The highest BCUT2D eigenvalue weighted by Gasteiger charge is 2.05. The molecule has 0 spiro atoms. The first-order chi connectivity index (χ1) is 8.13. The fourth-order valence-corrected chi connectivity index (χ4v) is 1.49. The van der Waals surface area contributed by atoms with Gasteiger partial charge in [0.25, 0.3) is 0 Å². The fraction of sp³-hybridized carbons (Fsp3) is 0.462. The lowest BCUT2D eigenvalue weighted by atomic mass is 10.1. The van der Waals surface area contributed by atoms with Crippen LogP contribution in [-0.2, 0) is 11.2 Å². The number of ether oxygens (including phenoxy) is 1. The van der Waals surface area contributed by atoms with Crippen molar-refractivity contribution in [2.75, 3.05) is 13.7 Å². The number of amides is 1. The lowest BCUT2D eigenvalue weighted by Gasteiger charge is -2.08. The largest absolute Gasteiger partial charge is 0.497 e. The molecule has 4 nitrogen and oxygen atoms in total. The molecule has 1 amide bonds. The second-order valence-corrected chi connectivity index (χ2v) is 4.03. The summed E-state index contributed by atoms with van der Waals surface area (Å²) in [7, 11) is 1.65. The maximum atomic E-state index is 11.2. The highest BCUT2D eigenvalue weighted by Crippen LogP contribution is 2.13. The first-order valence-electron chi connectivity index (χ1n) is 5.79. The van der Waals surface area contributed by atoms with E-state index < -0.39 is 6.04 Å². The summed E-state index contributed by atoms with van der Waals surface area (Å²) in [5.74, 6) is 0.762. The Kier molecular flexibility index (Phi) is 5.49. The quantitative estimate of drug-likeness (QED) is 0.727. The van der Waals surface area contributed by atoms with E-state index in [1.807, 2.05) is 18.2 Å². The first kappa shape index (κ1) is 13.5. The lowest BCUT2D eigenvalue weighted by Crippen LogP contribution is -2.38. The monoisotopic (exact) mass is 236 g/mol. The van der Waals surface area contributed by atoms with Crippen LogP contribution < -0.4 is 15.8 Å². The number of hydrogen-bond donors (Lipinski definition) is 2. The third kappa shape index (κ3) is 4.87. The predicted molar refractivity (Wildman–Crippen MR) is 68.0 cm³/mol. The van der Waals surface area contributed by atoms with Gasteiger partial charge >= 0.3 is 0 Å². The first-order valence-corrected chi connectivity index (χ1v) is 5.79. The summed E-state index contributed by atoms with van der Waals surface area (Å²) in [6, 6.07) is 7.51. The molecule has 0 saturated carbocycles. The average Bonchev–Trinajstić information content (AvgIpc) is 2.34. The maximum absolute atomic E-state index is 11.2. The van der Waals surface area contributed by atoms with Crippen molar-refractivity contribution in [1.29, 1.82) is 0 Å². The van der Waals surface area contributed by atoms with Gasteiger partial charge in [0, 0.05) is 6.54 Å². The Morgan fingerprint density at radius 2 is 2.29 bits per heavy atom. The number of rotatable bonds is 6. The molecule has 0 aliphatic rings. The normalized spacial score (nSPS) is 11.9. The number of methoxy groups -OCH3 is 1. The van der Waals surface area contributed by atoms with Crippen LogP contribution in [0.1, 0.15) is 18.9 Å². The van der Waals surface area contributed by atoms with Crippen LogP contribution in [0.2, 0.25) is 0 Å². The Hall–Kier alpha value is -1.55. The highest BCUT2D eigenvalue weighted by atomic mass is 16.5. The van der Waals surface area contributed by atoms with Crippen molar-refractivity contribution < 1.29 is 9.53 Å². The zero-order valence-electron chi connectivity index (χ0n) is 10.4. The van der Waals surface area contributed by atoms with Crippen molar-refractivity contribution >= 4 is 5.91 Å². The van der Waals surface area contributed by atoms with Crippen LogP contribution in [-0.4, -0.2) is 25.6 Å². The Morgan fingerprint density at radius 1 is 1.53 bits per heavy atom. The lowest BCUT2D eigenvalue weighted by molar-refractivity contribution is -0.121. The van der Waals surface area contributed by atoms with Crippen LogP contribution in [0.3, 0.4) is 0 Å². The molecule has 1 rings (SSSR count). The standard InChI is InChI=1S/C13H20N2O2/c1-10(14)13(16)15-8-4-6-11-5-3-7-12(9-11)17-2/h3,5,7,9-10H,4,6,8,14H2,1-2H3,(H,15,16)/t10-/m1/s1. The minimum atomic E-state index is -0.438. The third-order valence-corrected chi connectivity index (χ3v) is 2.49. The van der Waals surface area contributed by atoms with Gasteiger partial charge in [-0.1, -0.05) is 12.1 Å². The number of aryl methyl sites for hydroxylation is 1. The van der Waals surface area contributed by atoms with E-state index in [1.165, 1.54) is 5.56 Å². The molecular weight excluding hydrogens is 216 g/mol. The second-order valence-electron chi connectivity index (χ2n) is 4.03. The number of carbonyl (C=O) groups excluding carboxylic acids is 1. The van der Waals surface area contributed by atoms with Gasteiger partial charge in [-0.2, -0.15) is 0 Å². The van der Waals surface area contributed by atoms with Gasteiger partial charge in [-0.15, -0.1) is 0 Å². The Balaban J connectivity index is 2.28. The van der Waals surface area contributed by atoms with E-state index in [0.717, 1.165) is 18.6 Å². The SMILES string of the molecule is COc1cccc(CCCNC(=O)[C@@H](C)N)c1. The van der Waals surface area contributed by atoms with Gasteiger partial charge in [0.2, 0.25) is 5.91 Å². The average molecular weight is 236 g/mol. The van der Waals surface area contributed by atoms with E-state index in [1.54, 1.807) is 14.0 Å². The topological polar surface area (TPSA) is 64.3 Å². The van der Waals surface area contributed by atoms with Crippen molar-refractivity contribution in [3.63, 3.8) is 0 Å². The highest BCUT2D eigenvalue weighted by molar-refractivity contribution is 5.80. The van der Waals surface area contributed by atoms with Gasteiger partial charge in [0.05, 0.1) is 13.2 Å². The summed E-state index contributed by atoms with van der Waals surface area (Å²) < 4.78 is 5.14. The molecule has 1 aromatic carbocycles. The van der Waals surface area contributed by atoms with Crippen molar-refractivity contribution in [3.8, 4) is 5.75 Å². The maximum Gasteiger partial charge on any atom is 0.236 e. The zero-order valence-corrected chi connectivity index (χ0v) is 10.4. The minimum absolute atomic E-state index is 0.101. The number of nitrogens with two attached hydrogens (primary N) is 1. The summed E-state index contributed by atoms with van der Waals surface area (Å²) in [6.07, 6.45) is 1.81. The van der Waals surface area contributed by atoms with E-state index in [0.29, 0.717) is 6.54 Å². The molecule has 3 N–H and O–H groups in total. The van der Waals surface area contributed by atoms with Gasteiger partial charge in [-0.3, -0.25) is 4.79 Å². The van der Waals surface area contributed by atoms with Crippen molar-refractivity contribution in [2.45, 2.75) is 25.8 Å². The molecule has 0 aliphatic heterocycles. The molecule has 0 radical (unpaired) electrons. The predicted octanol–water partition coefficient (Wildman–Crippen LogP) is 1.09. The number of carbonyl (C=O) groups is 1. The summed E-state index contributed by atoms with van der Waals surface area (Å²) in [5, 5.41) is 2.79. The second kappa shape index (κ2) is 6.91. The number of nitrogens with one attached hydrogen (secondary N) is 1.